The predicted molar refractivity (Wildman–Crippen MR) is 83.7 cm³/mol. The Morgan fingerprint density at radius 3 is 2.90 bits per heavy atom. The molecule has 6 heteroatoms. The Balaban J connectivity index is 2.04. The lowest BCUT2D eigenvalue weighted by molar-refractivity contribution is 0.176. The van der Waals surface area contributed by atoms with Crippen molar-refractivity contribution in [1.29, 1.82) is 0 Å². The van der Waals surface area contributed by atoms with E-state index in [0.717, 1.165) is 36.2 Å². The van der Waals surface area contributed by atoms with E-state index in [1.807, 2.05) is 11.7 Å². The van der Waals surface area contributed by atoms with Gasteiger partial charge in [-0.2, -0.15) is 5.10 Å². The second-order valence-electron chi connectivity index (χ2n) is 5.44. The fraction of sp³-hybridized carbons (Fsp3) is 0.786. The van der Waals surface area contributed by atoms with E-state index in [-0.39, 0.29) is 6.61 Å². The highest BCUT2D eigenvalue weighted by Crippen LogP contribution is 2.23. The van der Waals surface area contributed by atoms with Crippen LogP contribution in [0.3, 0.4) is 0 Å². The summed E-state index contributed by atoms with van der Waals surface area (Å²) in [6.07, 6.45) is 3.42. The van der Waals surface area contributed by atoms with Gasteiger partial charge in [-0.25, -0.2) is 0 Å². The number of hydrogen-bond donors (Lipinski definition) is 2. The Morgan fingerprint density at radius 2 is 2.35 bits per heavy atom. The van der Waals surface area contributed by atoms with Crippen molar-refractivity contribution in [3.05, 3.63) is 15.9 Å². The Hall–Kier alpha value is -0.430. The van der Waals surface area contributed by atoms with Crippen LogP contribution in [0, 0.1) is 0 Å². The number of aromatic nitrogens is 2. The number of aliphatic hydroxyl groups is 1. The topological polar surface area (TPSA) is 53.3 Å². The maximum atomic E-state index is 9.28. The van der Waals surface area contributed by atoms with Gasteiger partial charge in [0.15, 0.2) is 0 Å². The number of nitrogens with one attached hydrogen (secondary N) is 1. The maximum Gasteiger partial charge on any atom is 0.0767 e. The number of aryl methyl sites for hydroxylation is 2. The van der Waals surface area contributed by atoms with Crippen molar-refractivity contribution in [3.8, 4) is 0 Å². The molecule has 1 aliphatic rings. The number of aliphatic hydroxyl groups excluding tert-OH is 1. The van der Waals surface area contributed by atoms with Gasteiger partial charge in [0, 0.05) is 32.7 Å². The SMILES string of the molecule is CCc1nn(C)c(CN(CCO)CC2CCCN2)c1Br. The minimum atomic E-state index is 0.197. The molecule has 0 saturated carbocycles. The van der Waals surface area contributed by atoms with E-state index in [4.69, 9.17) is 0 Å². The summed E-state index contributed by atoms with van der Waals surface area (Å²) in [5, 5.41) is 17.3. The summed E-state index contributed by atoms with van der Waals surface area (Å²) in [5.41, 5.74) is 2.29. The summed E-state index contributed by atoms with van der Waals surface area (Å²) in [5.74, 6) is 0. The van der Waals surface area contributed by atoms with Crippen molar-refractivity contribution in [1.82, 2.24) is 20.0 Å². The van der Waals surface area contributed by atoms with Gasteiger partial charge in [-0.1, -0.05) is 6.92 Å². The van der Waals surface area contributed by atoms with E-state index >= 15 is 0 Å². The van der Waals surface area contributed by atoms with Crippen LogP contribution in [0.15, 0.2) is 4.47 Å². The molecule has 1 aromatic heterocycles. The molecule has 20 heavy (non-hydrogen) atoms. The Morgan fingerprint density at radius 1 is 1.55 bits per heavy atom. The fourth-order valence-electron chi connectivity index (χ4n) is 2.80. The molecule has 1 unspecified atom stereocenters. The molecule has 1 saturated heterocycles. The van der Waals surface area contributed by atoms with Crippen LogP contribution in [0.2, 0.25) is 0 Å². The van der Waals surface area contributed by atoms with Crippen molar-refractivity contribution in [2.24, 2.45) is 7.05 Å². The highest BCUT2D eigenvalue weighted by atomic mass is 79.9. The zero-order chi connectivity index (χ0) is 14.5. The Labute approximate surface area is 129 Å². The number of halogens is 1. The molecule has 2 N–H and O–H groups in total. The molecule has 1 fully saturated rings. The average Bonchev–Trinajstić information content (AvgIpc) is 3.02. The van der Waals surface area contributed by atoms with Gasteiger partial charge in [-0.3, -0.25) is 9.58 Å². The van der Waals surface area contributed by atoms with E-state index in [1.165, 1.54) is 18.5 Å². The van der Waals surface area contributed by atoms with Gasteiger partial charge in [0.05, 0.1) is 22.5 Å². The standard InChI is InChI=1S/C14H25BrN4O/c1-3-12-14(15)13(18(2)17-12)10-19(7-8-20)9-11-5-4-6-16-11/h11,16,20H,3-10H2,1-2H3. The first-order valence-corrected chi connectivity index (χ1v) is 8.21. The molecule has 1 atom stereocenters. The van der Waals surface area contributed by atoms with E-state index in [2.05, 4.69) is 38.2 Å². The van der Waals surface area contributed by atoms with Gasteiger partial charge >= 0.3 is 0 Å². The van der Waals surface area contributed by atoms with E-state index in [1.54, 1.807) is 0 Å². The number of rotatable bonds is 7. The van der Waals surface area contributed by atoms with Gasteiger partial charge in [0.2, 0.25) is 0 Å². The smallest absolute Gasteiger partial charge is 0.0767 e. The lowest BCUT2D eigenvalue weighted by atomic mass is 10.2. The molecule has 0 aliphatic carbocycles. The summed E-state index contributed by atoms with van der Waals surface area (Å²) in [6.45, 7) is 5.94. The summed E-state index contributed by atoms with van der Waals surface area (Å²) in [7, 11) is 1.99. The fourth-order valence-corrected chi connectivity index (χ4v) is 3.55. The van der Waals surface area contributed by atoms with Crippen LogP contribution in [0.1, 0.15) is 31.2 Å². The predicted octanol–water partition coefficient (Wildman–Crippen LogP) is 1.29. The number of nitrogens with zero attached hydrogens (tertiary/aromatic N) is 3. The molecule has 5 nitrogen and oxygen atoms in total. The Bertz CT molecular complexity index is 429. The number of hydrogen-bond acceptors (Lipinski definition) is 4. The maximum absolute atomic E-state index is 9.28. The van der Waals surface area contributed by atoms with Crippen LogP contribution in [-0.4, -0.2) is 52.1 Å². The third-order valence-corrected chi connectivity index (χ3v) is 4.85. The van der Waals surface area contributed by atoms with Crippen molar-refractivity contribution >= 4 is 15.9 Å². The van der Waals surface area contributed by atoms with Gasteiger partial charge in [-0.15, -0.1) is 0 Å². The Kier molecular flexibility index (Phi) is 6.01. The van der Waals surface area contributed by atoms with Gasteiger partial charge in [0.25, 0.3) is 0 Å². The van der Waals surface area contributed by atoms with Crippen LogP contribution in [0.4, 0.5) is 0 Å². The van der Waals surface area contributed by atoms with Crippen LogP contribution in [0.25, 0.3) is 0 Å². The van der Waals surface area contributed by atoms with Gasteiger partial charge in [0.1, 0.15) is 0 Å². The third kappa shape index (κ3) is 3.81. The second kappa shape index (κ2) is 7.54. The van der Waals surface area contributed by atoms with Crippen molar-refractivity contribution in [2.45, 2.75) is 38.8 Å². The van der Waals surface area contributed by atoms with Gasteiger partial charge < -0.3 is 10.4 Å². The first-order chi connectivity index (χ1) is 9.65. The van der Waals surface area contributed by atoms with Crippen molar-refractivity contribution < 1.29 is 5.11 Å². The summed E-state index contributed by atoms with van der Waals surface area (Å²) in [6, 6.07) is 0.555. The molecule has 0 bridgehead atoms. The van der Waals surface area contributed by atoms with Crippen molar-refractivity contribution in [3.63, 3.8) is 0 Å². The van der Waals surface area contributed by atoms with Crippen molar-refractivity contribution in [2.75, 3.05) is 26.2 Å². The molecular weight excluding hydrogens is 320 g/mol. The highest BCUT2D eigenvalue weighted by molar-refractivity contribution is 9.10. The minimum Gasteiger partial charge on any atom is -0.395 e. The monoisotopic (exact) mass is 344 g/mol. The average molecular weight is 345 g/mol. The zero-order valence-corrected chi connectivity index (χ0v) is 14.0. The van der Waals surface area contributed by atoms with E-state index in [9.17, 15) is 5.11 Å². The van der Waals surface area contributed by atoms with E-state index < -0.39 is 0 Å². The molecule has 114 valence electrons. The zero-order valence-electron chi connectivity index (χ0n) is 12.4. The van der Waals surface area contributed by atoms with Crippen LogP contribution in [-0.2, 0) is 20.0 Å². The molecule has 0 aromatic carbocycles. The molecule has 1 aliphatic heterocycles. The van der Waals surface area contributed by atoms with Crippen LogP contribution >= 0.6 is 15.9 Å². The molecule has 0 radical (unpaired) electrons. The lowest BCUT2D eigenvalue weighted by Crippen LogP contribution is -2.39. The van der Waals surface area contributed by atoms with Crippen LogP contribution < -0.4 is 5.32 Å². The quantitative estimate of drug-likeness (QED) is 0.782. The minimum absolute atomic E-state index is 0.197. The molecule has 1 aromatic rings. The summed E-state index contributed by atoms with van der Waals surface area (Å²) >= 11 is 3.67. The largest absolute Gasteiger partial charge is 0.395 e. The van der Waals surface area contributed by atoms with Crippen LogP contribution in [0.5, 0.6) is 0 Å². The molecule has 2 rings (SSSR count). The molecule has 0 spiro atoms. The third-order valence-electron chi connectivity index (χ3n) is 3.93. The first-order valence-electron chi connectivity index (χ1n) is 7.42. The first kappa shape index (κ1) is 15.9. The highest BCUT2D eigenvalue weighted by Gasteiger charge is 2.20. The second-order valence-corrected chi connectivity index (χ2v) is 6.23. The molecule has 0 amide bonds. The van der Waals surface area contributed by atoms with Gasteiger partial charge in [-0.05, 0) is 41.7 Å². The summed E-state index contributed by atoms with van der Waals surface area (Å²) in [4.78, 5) is 2.31. The molecular formula is C14H25BrN4O. The van der Waals surface area contributed by atoms with E-state index in [0.29, 0.717) is 12.6 Å². The molecule has 2 heterocycles. The summed E-state index contributed by atoms with van der Waals surface area (Å²) < 4.78 is 3.07. The lowest BCUT2D eigenvalue weighted by Gasteiger charge is -2.25. The normalized spacial score (nSPS) is 19.1.